The van der Waals surface area contributed by atoms with Gasteiger partial charge in [0.25, 0.3) is 0 Å². The molecule has 0 aromatic carbocycles. The summed E-state index contributed by atoms with van der Waals surface area (Å²) in [5.74, 6) is 2.52. The van der Waals surface area contributed by atoms with Crippen molar-refractivity contribution in [2.24, 2.45) is 0 Å². The first-order valence-corrected chi connectivity index (χ1v) is 7.50. The molecule has 0 amide bonds. The van der Waals surface area contributed by atoms with Gasteiger partial charge < -0.3 is 9.88 Å². The van der Waals surface area contributed by atoms with Crippen molar-refractivity contribution >= 4 is 11.8 Å². The van der Waals surface area contributed by atoms with Gasteiger partial charge >= 0.3 is 0 Å². The molecule has 2 nitrogen and oxygen atoms in total. The molecule has 1 aromatic rings. The number of aryl methyl sites for hydroxylation is 1. The minimum Gasteiger partial charge on any atom is -0.350 e. The Bertz CT molecular complexity index is 305. The second kappa shape index (κ2) is 6.36. The number of hydrogen-bond donors (Lipinski definition) is 1. The molecule has 0 aliphatic heterocycles. The summed E-state index contributed by atoms with van der Waals surface area (Å²) in [4.78, 5) is 0. The molecule has 0 unspecified atom stereocenters. The summed E-state index contributed by atoms with van der Waals surface area (Å²) >= 11 is 2.04. The number of nitrogens with one attached hydrogen (secondary N) is 1. The van der Waals surface area contributed by atoms with Gasteiger partial charge in [0.2, 0.25) is 0 Å². The van der Waals surface area contributed by atoms with Crippen LogP contribution in [0, 0.1) is 0 Å². The van der Waals surface area contributed by atoms with Crippen LogP contribution in [0.4, 0.5) is 0 Å². The number of thioether (sulfide) groups is 1. The minimum absolute atomic E-state index is 0.805. The summed E-state index contributed by atoms with van der Waals surface area (Å²) < 4.78 is 2.39. The number of hydrogen-bond acceptors (Lipinski definition) is 2. The zero-order valence-electron chi connectivity index (χ0n) is 10.1. The Morgan fingerprint density at radius 3 is 3.12 bits per heavy atom. The predicted octanol–water partition coefficient (Wildman–Crippen LogP) is 2.88. The van der Waals surface area contributed by atoms with Crippen LogP contribution in [-0.2, 0) is 13.1 Å². The smallest absolute Gasteiger partial charge is 0.0361 e. The Morgan fingerprint density at radius 1 is 1.50 bits per heavy atom. The first kappa shape index (κ1) is 12.1. The van der Waals surface area contributed by atoms with E-state index in [2.05, 4.69) is 35.1 Å². The van der Waals surface area contributed by atoms with Gasteiger partial charge in [0.1, 0.15) is 0 Å². The normalized spacial score (nSPS) is 15.6. The van der Waals surface area contributed by atoms with Gasteiger partial charge in [-0.1, -0.05) is 6.92 Å². The molecule has 3 heteroatoms. The molecule has 0 radical (unpaired) electrons. The van der Waals surface area contributed by atoms with E-state index in [9.17, 15) is 0 Å². The standard InChI is InChI=1S/C13H22N2S/c1-2-16-10-4-9-15-8-3-5-13(15)11-14-12-6-7-12/h3,5,8,12,14H,2,4,6-7,9-11H2,1H3. The average Bonchev–Trinajstić information content (AvgIpc) is 3.02. The van der Waals surface area contributed by atoms with E-state index in [4.69, 9.17) is 0 Å². The highest BCUT2D eigenvalue weighted by Crippen LogP contribution is 2.19. The molecule has 1 aliphatic rings. The van der Waals surface area contributed by atoms with Crippen molar-refractivity contribution in [3.05, 3.63) is 24.0 Å². The SMILES string of the molecule is CCSCCCn1cccc1CNC1CC1. The van der Waals surface area contributed by atoms with E-state index in [1.807, 2.05) is 11.8 Å². The molecule has 0 atom stereocenters. The van der Waals surface area contributed by atoms with Crippen LogP contribution in [-0.4, -0.2) is 22.1 Å². The Kier molecular flexibility index (Phi) is 4.79. The zero-order chi connectivity index (χ0) is 11.2. The van der Waals surface area contributed by atoms with E-state index in [1.165, 1.54) is 43.0 Å². The second-order valence-corrected chi connectivity index (χ2v) is 5.79. The van der Waals surface area contributed by atoms with Crippen LogP contribution < -0.4 is 5.32 Å². The monoisotopic (exact) mass is 238 g/mol. The van der Waals surface area contributed by atoms with Gasteiger partial charge in [-0.05, 0) is 42.9 Å². The summed E-state index contributed by atoms with van der Waals surface area (Å²) in [7, 11) is 0. The highest BCUT2D eigenvalue weighted by atomic mass is 32.2. The Balaban J connectivity index is 1.71. The lowest BCUT2D eigenvalue weighted by molar-refractivity contribution is 0.602. The average molecular weight is 238 g/mol. The van der Waals surface area contributed by atoms with Gasteiger partial charge in [-0.3, -0.25) is 0 Å². The Labute approximate surface area is 103 Å². The Hall–Kier alpha value is -0.410. The topological polar surface area (TPSA) is 17.0 Å². The molecule has 0 saturated heterocycles. The molecule has 1 fully saturated rings. The van der Waals surface area contributed by atoms with Crippen LogP contribution in [0.5, 0.6) is 0 Å². The predicted molar refractivity (Wildman–Crippen MR) is 71.9 cm³/mol. The molecule has 0 spiro atoms. The molecule has 0 bridgehead atoms. The first-order chi connectivity index (χ1) is 7.90. The first-order valence-electron chi connectivity index (χ1n) is 6.35. The van der Waals surface area contributed by atoms with E-state index in [-0.39, 0.29) is 0 Å². The molecular weight excluding hydrogens is 216 g/mol. The van der Waals surface area contributed by atoms with Crippen molar-refractivity contribution in [3.63, 3.8) is 0 Å². The molecule has 1 heterocycles. The van der Waals surface area contributed by atoms with Gasteiger partial charge in [0, 0.05) is 31.0 Å². The number of nitrogens with zero attached hydrogens (tertiary/aromatic N) is 1. The fourth-order valence-corrected chi connectivity index (χ4v) is 2.47. The second-order valence-electron chi connectivity index (χ2n) is 4.40. The highest BCUT2D eigenvalue weighted by Gasteiger charge is 2.20. The lowest BCUT2D eigenvalue weighted by atomic mass is 10.4. The van der Waals surface area contributed by atoms with Gasteiger partial charge in [-0.15, -0.1) is 0 Å². The third kappa shape index (κ3) is 3.87. The minimum atomic E-state index is 0.805. The van der Waals surface area contributed by atoms with E-state index >= 15 is 0 Å². The molecule has 90 valence electrons. The van der Waals surface area contributed by atoms with E-state index in [1.54, 1.807) is 0 Å². The lowest BCUT2D eigenvalue weighted by Crippen LogP contribution is -2.18. The van der Waals surface area contributed by atoms with E-state index in [0.717, 1.165) is 12.6 Å². The fourth-order valence-electron chi connectivity index (χ4n) is 1.85. The molecule has 16 heavy (non-hydrogen) atoms. The quantitative estimate of drug-likeness (QED) is 0.701. The van der Waals surface area contributed by atoms with Crippen molar-refractivity contribution in [2.45, 2.75) is 45.3 Å². The maximum absolute atomic E-state index is 3.57. The van der Waals surface area contributed by atoms with Gasteiger partial charge in [0.05, 0.1) is 0 Å². The van der Waals surface area contributed by atoms with Crippen LogP contribution in [0.2, 0.25) is 0 Å². The summed E-state index contributed by atoms with van der Waals surface area (Å²) in [5.41, 5.74) is 1.44. The molecule has 1 aromatic heterocycles. The van der Waals surface area contributed by atoms with E-state index in [0.29, 0.717) is 0 Å². The van der Waals surface area contributed by atoms with E-state index < -0.39 is 0 Å². The highest BCUT2D eigenvalue weighted by molar-refractivity contribution is 7.99. The van der Waals surface area contributed by atoms with Crippen molar-refractivity contribution < 1.29 is 0 Å². The van der Waals surface area contributed by atoms with Crippen molar-refractivity contribution in [1.29, 1.82) is 0 Å². The van der Waals surface area contributed by atoms with Crippen LogP contribution in [0.15, 0.2) is 18.3 Å². The number of rotatable bonds is 8. The molecule has 1 N–H and O–H groups in total. The summed E-state index contributed by atoms with van der Waals surface area (Å²) in [6.45, 7) is 4.44. The summed E-state index contributed by atoms with van der Waals surface area (Å²) in [6.07, 6.45) is 6.23. The third-order valence-electron chi connectivity index (χ3n) is 2.96. The zero-order valence-corrected chi connectivity index (χ0v) is 10.9. The molecule has 1 saturated carbocycles. The third-order valence-corrected chi connectivity index (χ3v) is 3.95. The van der Waals surface area contributed by atoms with Crippen molar-refractivity contribution in [1.82, 2.24) is 9.88 Å². The van der Waals surface area contributed by atoms with Crippen LogP contribution in [0.3, 0.4) is 0 Å². The van der Waals surface area contributed by atoms with Crippen molar-refractivity contribution in [2.75, 3.05) is 11.5 Å². The van der Waals surface area contributed by atoms with Gasteiger partial charge in [-0.25, -0.2) is 0 Å². The maximum Gasteiger partial charge on any atom is 0.0361 e. The van der Waals surface area contributed by atoms with Gasteiger partial charge in [-0.2, -0.15) is 11.8 Å². The summed E-state index contributed by atoms with van der Waals surface area (Å²) in [5, 5.41) is 3.57. The molecular formula is C13H22N2S. The molecule has 2 rings (SSSR count). The number of aromatic nitrogens is 1. The van der Waals surface area contributed by atoms with Crippen LogP contribution in [0.25, 0.3) is 0 Å². The van der Waals surface area contributed by atoms with Crippen molar-refractivity contribution in [3.8, 4) is 0 Å². The van der Waals surface area contributed by atoms with Crippen LogP contribution in [0.1, 0.15) is 31.9 Å². The maximum atomic E-state index is 3.57. The lowest BCUT2D eigenvalue weighted by Gasteiger charge is -2.09. The molecule has 1 aliphatic carbocycles. The Morgan fingerprint density at radius 2 is 2.38 bits per heavy atom. The summed E-state index contributed by atoms with van der Waals surface area (Å²) in [6, 6.07) is 5.21. The van der Waals surface area contributed by atoms with Crippen LogP contribution >= 0.6 is 11.8 Å². The van der Waals surface area contributed by atoms with Gasteiger partial charge in [0.15, 0.2) is 0 Å². The fraction of sp³-hybridized carbons (Fsp3) is 0.692. The largest absolute Gasteiger partial charge is 0.350 e.